The molecule has 2 unspecified atom stereocenters. The number of amides is 3. The van der Waals surface area contributed by atoms with Gasteiger partial charge in [0.05, 0.1) is 17.4 Å². The molecule has 2 saturated heterocycles. The molecule has 454 valence electrons. The van der Waals surface area contributed by atoms with Crippen LogP contribution in [0.2, 0.25) is 0 Å². The van der Waals surface area contributed by atoms with Crippen LogP contribution in [0.3, 0.4) is 0 Å². The Morgan fingerprint density at radius 2 is 0.797 bits per heavy atom. The Morgan fingerprint density at radius 1 is 0.456 bits per heavy atom. The van der Waals surface area contributed by atoms with Crippen molar-refractivity contribution < 1.29 is 52.4 Å². The van der Waals surface area contributed by atoms with E-state index in [4.69, 9.17) is 28.4 Å². The Labute approximate surface area is 470 Å². The first-order chi connectivity index (χ1) is 37.9. The number of aromatic nitrogens is 3. The Morgan fingerprint density at radius 3 is 1.14 bits per heavy atom. The van der Waals surface area contributed by atoms with Crippen molar-refractivity contribution in [2.24, 2.45) is 10.8 Å². The minimum absolute atomic E-state index is 0.0119. The summed E-state index contributed by atoms with van der Waals surface area (Å²) in [6.07, 6.45) is 14.7. The van der Waals surface area contributed by atoms with Crippen LogP contribution in [0.25, 0.3) is 0 Å². The lowest BCUT2D eigenvalue weighted by molar-refractivity contribution is -0.158. The highest BCUT2D eigenvalue weighted by Gasteiger charge is 2.33. The first kappa shape index (κ1) is 68.3. The third-order valence-corrected chi connectivity index (χ3v) is 14.4. The average molecular weight is 1120 g/mol. The Kier molecular flexibility index (Phi) is 33.4. The van der Waals surface area contributed by atoms with Crippen LogP contribution in [0, 0.1) is 10.8 Å². The van der Waals surface area contributed by atoms with Gasteiger partial charge in [-0.15, -0.1) is 0 Å². The van der Waals surface area contributed by atoms with Crippen molar-refractivity contribution in [2.75, 3.05) is 92.4 Å². The normalized spacial score (nSPS) is 14.3. The van der Waals surface area contributed by atoms with E-state index in [1.807, 2.05) is 27.7 Å². The van der Waals surface area contributed by atoms with Crippen LogP contribution >= 0.6 is 0 Å². The lowest BCUT2D eigenvalue weighted by atomic mass is 9.87. The number of hydrogen-bond acceptors (Lipinski definition) is 16. The largest absolute Gasteiger partial charge is 0.461 e. The second-order valence-electron chi connectivity index (χ2n) is 22.7. The molecule has 2 aliphatic heterocycles. The van der Waals surface area contributed by atoms with Gasteiger partial charge >= 0.3 is 47.3 Å². The van der Waals surface area contributed by atoms with Gasteiger partial charge in [0.15, 0.2) is 12.2 Å². The molecule has 0 aliphatic carbocycles. The van der Waals surface area contributed by atoms with Gasteiger partial charge in [-0.05, 0) is 79.1 Å². The fraction of sp³-hybridized carbons (Fsp3) is 0.860. The summed E-state index contributed by atoms with van der Waals surface area (Å²) in [5, 5.41) is 8.29. The van der Waals surface area contributed by atoms with Crippen molar-refractivity contribution in [3.8, 4) is 0 Å². The van der Waals surface area contributed by atoms with E-state index in [0.29, 0.717) is 110 Å². The smallest absolute Gasteiger partial charge is 0.407 e. The third-order valence-electron chi connectivity index (χ3n) is 14.4. The predicted molar refractivity (Wildman–Crippen MR) is 302 cm³/mol. The topological polar surface area (TPSA) is 249 Å². The Hall–Kier alpha value is -4.96. The number of carbonyl (C=O) groups is 5. The van der Waals surface area contributed by atoms with E-state index >= 15 is 0 Å². The number of ether oxygens (including phenoxy) is 6. The SMILES string of the molecule is CCCCCCC(C)(C)C(=O)OCC(CN1CC1)OC(=O)NCCCCCCn1c(=O)n(CCCCCCNC(=O)OCCOC)c(=O)n(CCCCCCNC(=O)OC(COC(=O)C(C)(C)CCCCCC)CN2CC2)c1=O. The fourth-order valence-electron chi connectivity index (χ4n) is 8.98. The number of unbranched alkanes of at least 4 members (excludes halogenated alkanes) is 15. The zero-order chi connectivity index (χ0) is 57.9. The van der Waals surface area contributed by atoms with Gasteiger partial charge in [0, 0.05) is 85.6 Å². The van der Waals surface area contributed by atoms with Crippen molar-refractivity contribution in [1.82, 2.24) is 39.5 Å². The van der Waals surface area contributed by atoms with E-state index in [1.54, 1.807) is 0 Å². The van der Waals surface area contributed by atoms with Gasteiger partial charge in [0.1, 0.15) is 19.8 Å². The molecule has 3 heterocycles. The van der Waals surface area contributed by atoms with Crippen LogP contribution in [0.1, 0.15) is 183 Å². The summed E-state index contributed by atoms with van der Waals surface area (Å²) in [4.78, 5) is 109. The highest BCUT2D eigenvalue weighted by atomic mass is 16.6. The highest BCUT2D eigenvalue weighted by Crippen LogP contribution is 2.27. The van der Waals surface area contributed by atoms with Crippen LogP contribution in [0.15, 0.2) is 14.4 Å². The molecular weight excluding hydrogens is 1020 g/mol. The molecule has 22 heteroatoms. The van der Waals surface area contributed by atoms with Gasteiger partial charge in [0.25, 0.3) is 0 Å². The number of rotatable bonds is 46. The lowest BCUT2D eigenvalue weighted by Crippen LogP contribution is -2.54. The number of hydrogen-bond donors (Lipinski definition) is 3. The molecule has 3 amide bonds. The third kappa shape index (κ3) is 29.4. The highest BCUT2D eigenvalue weighted by molar-refractivity contribution is 5.76. The molecule has 2 atom stereocenters. The van der Waals surface area contributed by atoms with Gasteiger partial charge in [-0.2, -0.15) is 0 Å². The van der Waals surface area contributed by atoms with Gasteiger partial charge in [-0.3, -0.25) is 19.4 Å². The second kappa shape index (κ2) is 38.6. The molecular formula is C57H102N8O14. The van der Waals surface area contributed by atoms with Crippen molar-refractivity contribution >= 4 is 30.2 Å². The van der Waals surface area contributed by atoms with Crippen LogP contribution in [-0.2, 0) is 57.6 Å². The maximum absolute atomic E-state index is 13.8. The number of methoxy groups -OCH3 is 1. The summed E-state index contributed by atoms with van der Waals surface area (Å²) in [5.74, 6) is -0.589. The molecule has 0 radical (unpaired) electrons. The van der Waals surface area contributed by atoms with E-state index in [1.165, 1.54) is 7.11 Å². The van der Waals surface area contributed by atoms with E-state index in [-0.39, 0.29) is 51.4 Å². The van der Waals surface area contributed by atoms with Crippen molar-refractivity contribution in [2.45, 2.75) is 215 Å². The number of alkyl carbamates (subject to hydrolysis) is 3. The zero-order valence-electron chi connectivity index (χ0n) is 49.5. The fourth-order valence-corrected chi connectivity index (χ4v) is 8.98. The monoisotopic (exact) mass is 1120 g/mol. The molecule has 0 spiro atoms. The molecule has 3 rings (SSSR count). The average Bonchev–Trinajstić information content (AvgIpc) is 4.38. The quantitative estimate of drug-likeness (QED) is 0.0254. The first-order valence-corrected chi connectivity index (χ1v) is 29.9. The lowest BCUT2D eigenvalue weighted by Gasteiger charge is -2.25. The van der Waals surface area contributed by atoms with Crippen LogP contribution in [0.5, 0.6) is 0 Å². The van der Waals surface area contributed by atoms with Gasteiger partial charge in [-0.1, -0.05) is 104 Å². The minimum Gasteiger partial charge on any atom is -0.461 e. The molecule has 1 aromatic heterocycles. The number of nitrogens with zero attached hydrogens (tertiary/aromatic N) is 5. The van der Waals surface area contributed by atoms with Gasteiger partial charge < -0.3 is 44.4 Å². The van der Waals surface area contributed by atoms with E-state index < -0.39 is 58.4 Å². The molecule has 0 aromatic carbocycles. The van der Waals surface area contributed by atoms with Crippen LogP contribution < -0.4 is 33.0 Å². The number of carbonyl (C=O) groups excluding carboxylic acids is 5. The molecule has 3 N–H and O–H groups in total. The van der Waals surface area contributed by atoms with Crippen molar-refractivity contribution in [1.29, 1.82) is 0 Å². The Balaban J connectivity index is 1.49. The summed E-state index contributed by atoms with van der Waals surface area (Å²) in [6.45, 7) is 18.4. The summed E-state index contributed by atoms with van der Waals surface area (Å²) in [7, 11) is 1.52. The summed E-state index contributed by atoms with van der Waals surface area (Å²) < 4.78 is 36.0. The molecule has 2 fully saturated rings. The van der Waals surface area contributed by atoms with Crippen LogP contribution in [-0.4, -0.2) is 158 Å². The van der Waals surface area contributed by atoms with E-state index in [9.17, 15) is 38.4 Å². The summed E-state index contributed by atoms with van der Waals surface area (Å²) >= 11 is 0. The van der Waals surface area contributed by atoms with Crippen molar-refractivity contribution in [3.63, 3.8) is 0 Å². The maximum Gasteiger partial charge on any atom is 0.407 e. The molecule has 1 aromatic rings. The predicted octanol–water partition coefficient (Wildman–Crippen LogP) is 7.13. The maximum atomic E-state index is 13.8. The van der Waals surface area contributed by atoms with Gasteiger partial charge in [-0.25, -0.2) is 42.5 Å². The molecule has 0 saturated carbocycles. The zero-order valence-corrected chi connectivity index (χ0v) is 49.5. The molecule has 2 aliphatic rings. The standard InChI is InChI=1S/C57H102N8O14/c1-8-10-12-20-28-56(3,4)48(66)76-44-46(42-61-36-37-61)78-51(69)59-31-23-15-18-26-34-64-53(71)63(33-25-17-14-22-30-58-50(68)75-41-40-74-7)54(72)65(55(64)73)35-27-19-16-24-32-60-52(70)79-47(43-62-38-39-62)45-77-49(67)57(5,6)29-21-13-11-9-2/h46-47H,8-45H2,1-7H3,(H,58,68)(H,59,69)(H,60,70). The van der Waals surface area contributed by atoms with E-state index in [2.05, 4.69) is 39.6 Å². The molecule has 22 nitrogen and oxygen atoms in total. The number of nitrogens with one attached hydrogen (secondary N) is 3. The summed E-state index contributed by atoms with van der Waals surface area (Å²) in [5.41, 5.74) is -3.19. The van der Waals surface area contributed by atoms with Gasteiger partial charge in [0.2, 0.25) is 0 Å². The Bertz CT molecular complexity index is 1990. The molecule has 79 heavy (non-hydrogen) atoms. The second-order valence-corrected chi connectivity index (χ2v) is 22.7. The minimum atomic E-state index is -0.653. The van der Waals surface area contributed by atoms with E-state index in [0.717, 1.165) is 111 Å². The summed E-state index contributed by atoms with van der Waals surface area (Å²) in [6, 6.07) is 0. The first-order valence-electron chi connectivity index (χ1n) is 29.9. The number of esters is 2. The van der Waals surface area contributed by atoms with Crippen LogP contribution in [0.4, 0.5) is 14.4 Å². The van der Waals surface area contributed by atoms with Crippen molar-refractivity contribution in [3.05, 3.63) is 31.5 Å². The molecule has 0 bridgehead atoms.